The zero-order valence-corrected chi connectivity index (χ0v) is 16.4. The van der Waals surface area contributed by atoms with Crippen LogP contribution in [0.5, 0.6) is 0 Å². The third kappa shape index (κ3) is 4.93. The number of carbonyl (C=O) groups excluding carboxylic acids is 1. The molecule has 0 fully saturated rings. The van der Waals surface area contributed by atoms with Crippen molar-refractivity contribution >= 4 is 50.9 Å². The van der Waals surface area contributed by atoms with E-state index >= 15 is 0 Å². The lowest BCUT2D eigenvalue weighted by Gasteiger charge is -2.10. The van der Waals surface area contributed by atoms with Gasteiger partial charge in [-0.1, -0.05) is 27.5 Å². The summed E-state index contributed by atoms with van der Waals surface area (Å²) in [6, 6.07) is 2.49. The fraction of sp³-hybridized carbons (Fsp3) is 0.125. The summed E-state index contributed by atoms with van der Waals surface area (Å²) >= 11 is 9.19. The Balaban J connectivity index is 1.73. The lowest BCUT2D eigenvalue weighted by atomic mass is 10.2. The Hall–Kier alpha value is -2.79. The van der Waals surface area contributed by atoms with Crippen LogP contribution in [0, 0.1) is 11.6 Å². The van der Waals surface area contributed by atoms with E-state index in [1.165, 1.54) is 23.1 Å². The van der Waals surface area contributed by atoms with Gasteiger partial charge in [0.15, 0.2) is 17.5 Å². The maximum absolute atomic E-state index is 13.9. The van der Waals surface area contributed by atoms with E-state index in [-0.39, 0.29) is 35.4 Å². The van der Waals surface area contributed by atoms with E-state index in [1.807, 2.05) is 0 Å². The minimum Gasteiger partial charge on any atom is -0.368 e. The quantitative estimate of drug-likeness (QED) is 0.456. The number of nitrogens with zero attached hydrogens (tertiary/aromatic N) is 4. The number of hydrogen-bond acceptors (Lipinski definition) is 6. The van der Waals surface area contributed by atoms with E-state index in [9.17, 15) is 13.6 Å². The normalized spacial score (nSPS) is 10.7. The lowest BCUT2D eigenvalue weighted by Crippen LogP contribution is -2.18. The first-order chi connectivity index (χ1) is 13.3. The van der Waals surface area contributed by atoms with Crippen molar-refractivity contribution in [3.63, 3.8) is 0 Å². The molecule has 0 bridgehead atoms. The smallest absolute Gasteiger partial charge is 0.239 e. The summed E-state index contributed by atoms with van der Waals surface area (Å²) in [6.45, 7) is -0.111. The van der Waals surface area contributed by atoms with Gasteiger partial charge in [0, 0.05) is 22.8 Å². The van der Waals surface area contributed by atoms with Crippen LogP contribution in [-0.2, 0) is 17.9 Å². The van der Waals surface area contributed by atoms with E-state index in [1.54, 1.807) is 6.20 Å². The third-order valence-corrected chi connectivity index (χ3v) is 4.20. The van der Waals surface area contributed by atoms with Gasteiger partial charge < -0.3 is 16.4 Å². The van der Waals surface area contributed by atoms with Crippen molar-refractivity contribution in [2.24, 2.45) is 5.73 Å². The third-order valence-electron chi connectivity index (χ3n) is 3.47. The zero-order chi connectivity index (χ0) is 20.3. The highest BCUT2D eigenvalue weighted by molar-refractivity contribution is 9.10. The van der Waals surface area contributed by atoms with Gasteiger partial charge in [0.25, 0.3) is 0 Å². The van der Waals surface area contributed by atoms with Crippen LogP contribution in [0.3, 0.4) is 0 Å². The Morgan fingerprint density at radius 1 is 1.32 bits per heavy atom. The van der Waals surface area contributed by atoms with Gasteiger partial charge in [-0.3, -0.25) is 9.48 Å². The first kappa shape index (κ1) is 20.0. The predicted molar refractivity (Wildman–Crippen MR) is 103 cm³/mol. The number of benzene rings is 1. The zero-order valence-electron chi connectivity index (χ0n) is 14.1. The van der Waals surface area contributed by atoms with E-state index in [0.29, 0.717) is 10.2 Å². The molecule has 2 heterocycles. The number of rotatable bonds is 7. The number of nitrogens with two attached hydrogens (primary N) is 1. The molecule has 8 nitrogen and oxygen atoms in total. The number of anilines is 3. The Morgan fingerprint density at radius 3 is 2.86 bits per heavy atom. The molecule has 1 aromatic carbocycles. The van der Waals surface area contributed by atoms with Gasteiger partial charge in [-0.25, -0.2) is 13.8 Å². The Labute approximate surface area is 171 Å². The molecule has 0 unspecified atom stereocenters. The van der Waals surface area contributed by atoms with E-state index < -0.39 is 17.5 Å². The second-order valence-electron chi connectivity index (χ2n) is 5.62. The highest BCUT2D eigenvalue weighted by Gasteiger charge is 2.12. The summed E-state index contributed by atoms with van der Waals surface area (Å²) in [5, 5.41) is 9.91. The maximum atomic E-state index is 13.9. The van der Waals surface area contributed by atoms with Crippen LogP contribution < -0.4 is 16.4 Å². The number of amides is 1. The molecule has 3 aromatic rings. The molecule has 0 atom stereocenters. The summed E-state index contributed by atoms with van der Waals surface area (Å²) in [7, 11) is 0. The standard InChI is InChI=1S/C16H13BrClF2N7O/c17-9-1-8(14(20)12(19)2-9)3-22-15-11(18)5-23-16(26-15)25-10-4-24-27(6-10)7-13(21)28/h1-2,4-6H,3,7H2,(H2,21,28)(H2,22,23,25,26). The Morgan fingerprint density at radius 2 is 2.11 bits per heavy atom. The summed E-state index contributed by atoms with van der Waals surface area (Å²) in [4.78, 5) is 19.2. The van der Waals surface area contributed by atoms with Crippen LogP contribution in [-0.4, -0.2) is 25.7 Å². The van der Waals surface area contributed by atoms with Crippen LogP contribution >= 0.6 is 27.5 Å². The molecule has 0 saturated heterocycles. The molecule has 0 spiro atoms. The largest absolute Gasteiger partial charge is 0.368 e. The highest BCUT2D eigenvalue weighted by Crippen LogP contribution is 2.24. The molecule has 0 saturated carbocycles. The van der Waals surface area contributed by atoms with Crippen molar-refractivity contribution in [3.8, 4) is 0 Å². The van der Waals surface area contributed by atoms with Gasteiger partial charge in [-0.15, -0.1) is 0 Å². The van der Waals surface area contributed by atoms with Crippen LogP contribution in [0.4, 0.5) is 26.2 Å². The minimum absolute atomic E-state index is 0.0467. The molecule has 0 aliphatic heterocycles. The van der Waals surface area contributed by atoms with Crippen LogP contribution in [0.25, 0.3) is 0 Å². The number of carbonyl (C=O) groups is 1. The Bertz CT molecular complexity index is 1030. The first-order valence-corrected chi connectivity index (χ1v) is 8.96. The summed E-state index contributed by atoms with van der Waals surface area (Å²) in [6.07, 6.45) is 4.37. The second kappa shape index (κ2) is 8.48. The molecular formula is C16H13BrClF2N7O. The van der Waals surface area contributed by atoms with Crippen LogP contribution in [0.1, 0.15) is 5.56 Å². The molecular weight excluding hydrogens is 460 g/mol. The average Bonchev–Trinajstić information content (AvgIpc) is 3.05. The molecule has 28 heavy (non-hydrogen) atoms. The molecule has 0 aliphatic rings. The first-order valence-electron chi connectivity index (χ1n) is 7.79. The number of halogens is 4. The molecule has 0 radical (unpaired) electrons. The molecule has 4 N–H and O–H groups in total. The lowest BCUT2D eigenvalue weighted by molar-refractivity contribution is -0.118. The molecule has 1 amide bonds. The van der Waals surface area contributed by atoms with Gasteiger partial charge in [0.1, 0.15) is 11.6 Å². The van der Waals surface area contributed by atoms with E-state index in [2.05, 4.69) is 41.6 Å². The fourth-order valence-electron chi connectivity index (χ4n) is 2.27. The summed E-state index contributed by atoms with van der Waals surface area (Å²) < 4.78 is 29.2. The maximum Gasteiger partial charge on any atom is 0.239 e. The molecule has 12 heteroatoms. The summed E-state index contributed by atoms with van der Waals surface area (Å²) in [5.41, 5.74) is 5.74. The van der Waals surface area contributed by atoms with Crippen molar-refractivity contribution in [1.29, 1.82) is 0 Å². The van der Waals surface area contributed by atoms with E-state index in [0.717, 1.165) is 6.07 Å². The van der Waals surface area contributed by atoms with Gasteiger partial charge in [-0.05, 0) is 12.1 Å². The molecule has 3 rings (SSSR count). The summed E-state index contributed by atoms with van der Waals surface area (Å²) in [5.74, 6) is -2.04. The van der Waals surface area contributed by atoms with Crippen LogP contribution in [0.15, 0.2) is 35.2 Å². The SMILES string of the molecule is NC(=O)Cn1cc(Nc2ncc(Cl)c(NCc3cc(Br)cc(F)c3F)n2)cn1. The van der Waals surface area contributed by atoms with Gasteiger partial charge in [-0.2, -0.15) is 10.1 Å². The number of hydrogen-bond donors (Lipinski definition) is 3. The molecule has 0 aliphatic carbocycles. The minimum atomic E-state index is -0.963. The molecule has 146 valence electrons. The van der Waals surface area contributed by atoms with Crippen molar-refractivity contribution < 1.29 is 13.6 Å². The average molecular weight is 473 g/mol. The van der Waals surface area contributed by atoms with Gasteiger partial charge in [0.2, 0.25) is 11.9 Å². The molecule has 2 aromatic heterocycles. The fourth-order valence-corrected chi connectivity index (χ4v) is 2.91. The van der Waals surface area contributed by atoms with Crippen molar-refractivity contribution in [2.75, 3.05) is 10.6 Å². The Kier molecular flexibility index (Phi) is 6.05. The number of nitrogens with one attached hydrogen (secondary N) is 2. The highest BCUT2D eigenvalue weighted by atomic mass is 79.9. The topological polar surface area (TPSA) is 111 Å². The number of aromatic nitrogens is 4. The van der Waals surface area contributed by atoms with Crippen molar-refractivity contribution in [2.45, 2.75) is 13.1 Å². The van der Waals surface area contributed by atoms with Crippen molar-refractivity contribution in [1.82, 2.24) is 19.7 Å². The van der Waals surface area contributed by atoms with Gasteiger partial charge in [0.05, 0.1) is 18.1 Å². The van der Waals surface area contributed by atoms with Crippen molar-refractivity contribution in [3.05, 3.63) is 57.4 Å². The monoisotopic (exact) mass is 471 g/mol. The number of primary amides is 1. The van der Waals surface area contributed by atoms with Gasteiger partial charge >= 0.3 is 0 Å². The van der Waals surface area contributed by atoms with Crippen LogP contribution in [0.2, 0.25) is 5.02 Å². The second-order valence-corrected chi connectivity index (χ2v) is 6.95. The predicted octanol–water partition coefficient (Wildman–Crippen LogP) is 3.21. The van der Waals surface area contributed by atoms with E-state index in [4.69, 9.17) is 17.3 Å².